The molecule has 2 saturated carbocycles. The number of fused-ring (bicyclic) bond motifs is 1. The maximum absolute atomic E-state index is 12.6. The van der Waals surface area contributed by atoms with Crippen molar-refractivity contribution in [1.29, 1.82) is 0 Å². The molecular formula is C17H23N3O3S. The molecule has 1 N–H and O–H groups in total. The molecule has 2 aliphatic carbocycles. The first-order valence-electron chi connectivity index (χ1n) is 8.52. The first kappa shape index (κ1) is 15.9. The first-order chi connectivity index (χ1) is 11.3. The van der Waals surface area contributed by atoms with Crippen molar-refractivity contribution < 1.29 is 8.42 Å². The van der Waals surface area contributed by atoms with E-state index < -0.39 is 10.0 Å². The summed E-state index contributed by atoms with van der Waals surface area (Å²) in [5.74, 6) is 0.563. The van der Waals surface area contributed by atoms with Gasteiger partial charge >= 0.3 is 5.69 Å². The monoisotopic (exact) mass is 349 g/mol. The lowest BCUT2D eigenvalue weighted by Crippen LogP contribution is -2.34. The zero-order chi connectivity index (χ0) is 17.1. The summed E-state index contributed by atoms with van der Waals surface area (Å²) in [4.78, 5) is 12.7. The predicted octanol–water partition coefficient (Wildman–Crippen LogP) is 1.97. The predicted molar refractivity (Wildman–Crippen MR) is 92.5 cm³/mol. The lowest BCUT2D eigenvalue weighted by atomic mass is 9.85. The molecule has 0 bridgehead atoms. The van der Waals surface area contributed by atoms with E-state index in [0.29, 0.717) is 11.4 Å². The Morgan fingerprint density at radius 3 is 2.54 bits per heavy atom. The number of nitrogens with one attached hydrogen (secondary N) is 1. The Morgan fingerprint density at radius 1 is 1.25 bits per heavy atom. The molecule has 2 aliphatic rings. The molecule has 0 aliphatic heterocycles. The second kappa shape index (κ2) is 5.20. The summed E-state index contributed by atoms with van der Waals surface area (Å²) in [6.45, 7) is 2.63. The van der Waals surface area contributed by atoms with Gasteiger partial charge in [0.25, 0.3) is 0 Å². The van der Waals surface area contributed by atoms with Gasteiger partial charge in [0.2, 0.25) is 10.0 Å². The molecule has 2 fully saturated rings. The van der Waals surface area contributed by atoms with Crippen LogP contribution in [0.3, 0.4) is 0 Å². The summed E-state index contributed by atoms with van der Waals surface area (Å²) < 4.78 is 31.2. The normalized spacial score (nSPS) is 20.2. The van der Waals surface area contributed by atoms with Gasteiger partial charge in [0.15, 0.2) is 0 Å². The minimum absolute atomic E-state index is 0.0754. The summed E-state index contributed by atoms with van der Waals surface area (Å²) >= 11 is 0. The Morgan fingerprint density at radius 2 is 1.96 bits per heavy atom. The van der Waals surface area contributed by atoms with Crippen LogP contribution in [0.2, 0.25) is 0 Å². The molecule has 0 unspecified atom stereocenters. The first-order valence-corrected chi connectivity index (χ1v) is 10.0. The molecule has 1 aromatic heterocycles. The van der Waals surface area contributed by atoms with Crippen LogP contribution < -0.4 is 10.4 Å². The largest absolute Gasteiger partial charge is 0.328 e. The van der Waals surface area contributed by atoms with Gasteiger partial charge in [-0.1, -0.05) is 6.42 Å². The van der Waals surface area contributed by atoms with Gasteiger partial charge in [-0.2, -0.15) is 0 Å². The summed E-state index contributed by atoms with van der Waals surface area (Å²) in [5.41, 5.74) is 1.10. The third-order valence-corrected chi connectivity index (χ3v) is 7.11. The second-order valence-corrected chi connectivity index (χ2v) is 9.25. The second-order valence-electron chi connectivity index (χ2n) is 7.57. The van der Waals surface area contributed by atoms with Crippen molar-refractivity contribution >= 4 is 21.1 Å². The smallest absolute Gasteiger partial charge is 0.295 e. The van der Waals surface area contributed by atoms with Gasteiger partial charge in [0, 0.05) is 19.1 Å². The molecular weight excluding hydrogens is 326 g/mol. The van der Waals surface area contributed by atoms with Crippen LogP contribution in [-0.4, -0.2) is 23.1 Å². The number of benzene rings is 1. The molecule has 6 nitrogen and oxygen atoms in total. The lowest BCUT2D eigenvalue weighted by molar-refractivity contribution is 0.276. The van der Waals surface area contributed by atoms with Crippen molar-refractivity contribution in [2.24, 2.45) is 13.0 Å². The van der Waals surface area contributed by atoms with E-state index in [1.807, 2.05) is 6.92 Å². The van der Waals surface area contributed by atoms with Crippen LogP contribution in [0, 0.1) is 5.92 Å². The third kappa shape index (κ3) is 2.59. The Hall–Kier alpha value is -1.60. The Bertz CT molecular complexity index is 963. The van der Waals surface area contributed by atoms with Crippen LogP contribution in [0.15, 0.2) is 27.9 Å². The van der Waals surface area contributed by atoms with Gasteiger partial charge in [-0.25, -0.2) is 17.9 Å². The lowest BCUT2D eigenvalue weighted by Gasteiger charge is -2.25. The van der Waals surface area contributed by atoms with Crippen LogP contribution >= 0.6 is 0 Å². The van der Waals surface area contributed by atoms with Crippen LogP contribution in [0.5, 0.6) is 0 Å². The molecule has 0 radical (unpaired) electrons. The Labute approximate surface area is 141 Å². The van der Waals surface area contributed by atoms with Crippen molar-refractivity contribution in [2.75, 3.05) is 0 Å². The van der Waals surface area contributed by atoms with E-state index >= 15 is 0 Å². The maximum atomic E-state index is 12.6. The summed E-state index contributed by atoms with van der Waals surface area (Å²) in [5, 5.41) is 0. The van der Waals surface area contributed by atoms with E-state index in [9.17, 15) is 13.2 Å². The molecule has 1 aromatic carbocycles. The van der Waals surface area contributed by atoms with E-state index in [-0.39, 0.29) is 16.1 Å². The molecule has 24 heavy (non-hydrogen) atoms. The zero-order valence-electron chi connectivity index (χ0n) is 14.1. The van der Waals surface area contributed by atoms with Crippen LogP contribution in [-0.2, 0) is 23.6 Å². The topological polar surface area (TPSA) is 73.1 Å². The number of hydrogen-bond acceptors (Lipinski definition) is 3. The number of aromatic nitrogens is 2. The molecule has 0 atom stereocenters. The van der Waals surface area contributed by atoms with Gasteiger partial charge in [-0.15, -0.1) is 0 Å². The van der Waals surface area contributed by atoms with Gasteiger partial charge in [0.1, 0.15) is 0 Å². The van der Waals surface area contributed by atoms with E-state index in [1.165, 1.54) is 6.42 Å². The molecule has 0 amide bonds. The van der Waals surface area contributed by atoms with Gasteiger partial charge in [-0.05, 0) is 56.7 Å². The minimum Gasteiger partial charge on any atom is -0.295 e. The highest BCUT2D eigenvalue weighted by molar-refractivity contribution is 7.89. The number of hydrogen-bond donors (Lipinski definition) is 1. The fraction of sp³-hybridized carbons (Fsp3) is 0.588. The molecule has 0 spiro atoms. The number of sulfonamides is 1. The minimum atomic E-state index is -3.56. The van der Waals surface area contributed by atoms with Crippen molar-refractivity contribution in [3.8, 4) is 0 Å². The molecule has 7 heteroatoms. The van der Waals surface area contributed by atoms with Gasteiger partial charge in [-0.3, -0.25) is 9.13 Å². The van der Waals surface area contributed by atoms with Crippen molar-refractivity contribution in [3.05, 3.63) is 28.7 Å². The SMILES string of the molecule is Cn1c(=O)n(CC2CCC2)c2ccc(S(=O)(=O)NC3(C)CC3)cc21. The van der Waals surface area contributed by atoms with Crippen LogP contribution in [0.25, 0.3) is 11.0 Å². The highest BCUT2D eigenvalue weighted by atomic mass is 32.2. The third-order valence-electron chi connectivity index (χ3n) is 5.47. The average Bonchev–Trinajstić information content (AvgIpc) is 3.15. The standard InChI is InChI=1S/C17H23N3O3S/c1-17(8-9-17)18-24(22,23)13-6-7-14-15(10-13)19(2)16(21)20(14)11-12-4-3-5-12/h6-7,10,12,18H,3-5,8-9,11H2,1-2H3. The highest BCUT2D eigenvalue weighted by Crippen LogP contribution is 2.36. The summed E-state index contributed by atoms with van der Waals surface area (Å²) in [6.07, 6.45) is 5.29. The summed E-state index contributed by atoms with van der Waals surface area (Å²) in [7, 11) is -1.86. The van der Waals surface area contributed by atoms with Crippen LogP contribution in [0.1, 0.15) is 39.0 Å². The molecule has 1 heterocycles. The highest BCUT2D eigenvalue weighted by Gasteiger charge is 2.41. The molecule has 130 valence electrons. The number of nitrogens with zero attached hydrogens (tertiary/aromatic N) is 2. The fourth-order valence-electron chi connectivity index (χ4n) is 3.34. The zero-order valence-corrected chi connectivity index (χ0v) is 14.9. The van der Waals surface area contributed by atoms with Crippen molar-refractivity contribution in [3.63, 3.8) is 0 Å². The van der Waals surface area contributed by atoms with E-state index in [2.05, 4.69) is 4.72 Å². The molecule has 0 saturated heterocycles. The maximum Gasteiger partial charge on any atom is 0.328 e. The Balaban J connectivity index is 1.75. The number of aryl methyl sites for hydroxylation is 1. The molecule has 4 rings (SSSR count). The fourth-order valence-corrected chi connectivity index (χ4v) is 4.82. The quantitative estimate of drug-likeness (QED) is 0.897. The van der Waals surface area contributed by atoms with Gasteiger partial charge < -0.3 is 0 Å². The van der Waals surface area contributed by atoms with Crippen LogP contribution in [0.4, 0.5) is 0 Å². The average molecular weight is 349 g/mol. The Kier molecular flexibility index (Phi) is 3.44. The summed E-state index contributed by atoms with van der Waals surface area (Å²) in [6, 6.07) is 4.98. The van der Waals surface area contributed by atoms with E-state index in [4.69, 9.17) is 0 Å². The van der Waals surface area contributed by atoms with Gasteiger partial charge in [0.05, 0.1) is 15.9 Å². The number of rotatable bonds is 5. The number of imidazole rings is 1. The molecule has 2 aromatic rings. The van der Waals surface area contributed by atoms with Crippen molar-refractivity contribution in [2.45, 2.75) is 56.0 Å². The van der Waals surface area contributed by atoms with E-state index in [0.717, 1.165) is 37.7 Å². The van der Waals surface area contributed by atoms with Crippen molar-refractivity contribution in [1.82, 2.24) is 13.9 Å². The van der Waals surface area contributed by atoms with E-state index in [1.54, 1.807) is 34.4 Å².